The number of rotatable bonds is 8. The summed E-state index contributed by atoms with van der Waals surface area (Å²) in [5.41, 5.74) is 3.93. The van der Waals surface area contributed by atoms with Gasteiger partial charge in [0.2, 0.25) is 0 Å². The van der Waals surface area contributed by atoms with Gasteiger partial charge < -0.3 is 14.8 Å². The largest absolute Gasteiger partial charge is 0.328 e. The topological polar surface area (TPSA) is 74.0 Å². The Hall–Kier alpha value is -4.21. The summed E-state index contributed by atoms with van der Waals surface area (Å²) in [7, 11) is 0. The van der Waals surface area contributed by atoms with Gasteiger partial charge in [-0.1, -0.05) is 81.4 Å². The average Bonchev–Trinajstić information content (AvgIpc) is 3.63. The minimum atomic E-state index is -0.304. The van der Waals surface area contributed by atoms with Crippen LogP contribution in [0.1, 0.15) is 60.5 Å². The van der Waals surface area contributed by atoms with Crippen LogP contribution in [0.15, 0.2) is 91.1 Å². The predicted molar refractivity (Wildman–Crippen MR) is 159 cm³/mol. The second-order valence-corrected chi connectivity index (χ2v) is 11.7. The lowest BCUT2D eigenvalue weighted by atomic mass is 9.83. The summed E-state index contributed by atoms with van der Waals surface area (Å²) in [6.07, 6.45) is 3.13. The Balaban J connectivity index is 1.65. The molecule has 1 aromatic heterocycles. The number of imidazole rings is 1. The molecule has 5 rings (SSSR count). The maximum absolute atomic E-state index is 14.3. The summed E-state index contributed by atoms with van der Waals surface area (Å²) in [5.74, 6) is 1.25. The molecule has 2 heterocycles. The van der Waals surface area contributed by atoms with Gasteiger partial charge >= 0.3 is 0 Å². The van der Waals surface area contributed by atoms with Gasteiger partial charge in [-0.25, -0.2) is 4.98 Å². The van der Waals surface area contributed by atoms with E-state index in [2.05, 4.69) is 60.0 Å². The van der Waals surface area contributed by atoms with E-state index in [9.17, 15) is 10.1 Å². The van der Waals surface area contributed by atoms with Crippen molar-refractivity contribution in [2.24, 2.45) is 11.3 Å². The van der Waals surface area contributed by atoms with Crippen LogP contribution in [0.4, 0.5) is 0 Å². The molecule has 1 amide bonds. The molecule has 0 spiro atoms. The molecular formula is C34H37N5O. The first-order valence-corrected chi connectivity index (χ1v) is 14.0. The monoisotopic (exact) mass is 531 g/mol. The van der Waals surface area contributed by atoms with Gasteiger partial charge in [0.15, 0.2) is 0 Å². The van der Waals surface area contributed by atoms with Gasteiger partial charge in [0.05, 0.1) is 23.4 Å². The molecule has 2 atom stereocenters. The standard InChI is InChI=1S/C34H37N5O/c1-34(2,3)31(39(23-27-17-18-36-21-27)33(40)29-15-8-5-9-16-29)32-37-30(28-13-6-4-7-14-28)24-38(32)22-26-12-10-11-25(19-26)20-35/h4-16,19,24,27,31,36H,17-18,21-23H2,1-3H3/t27?,31-/m0/s1. The van der Waals surface area contributed by atoms with Crippen LogP contribution in [-0.2, 0) is 6.54 Å². The highest BCUT2D eigenvalue weighted by Gasteiger charge is 2.40. The molecule has 4 aromatic rings. The summed E-state index contributed by atoms with van der Waals surface area (Å²) in [5, 5.41) is 13.0. The number of nitrogens with zero attached hydrogens (tertiary/aromatic N) is 4. The molecule has 0 aliphatic carbocycles. The van der Waals surface area contributed by atoms with Crippen molar-refractivity contribution in [3.63, 3.8) is 0 Å². The average molecular weight is 532 g/mol. The molecule has 0 radical (unpaired) electrons. The smallest absolute Gasteiger partial charge is 0.254 e. The van der Waals surface area contributed by atoms with Gasteiger partial charge in [0.1, 0.15) is 5.82 Å². The summed E-state index contributed by atoms with van der Waals surface area (Å²) in [4.78, 5) is 21.6. The highest BCUT2D eigenvalue weighted by atomic mass is 16.2. The number of hydrogen-bond acceptors (Lipinski definition) is 4. The van der Waals surface area contributed by atoms with Crippen LogP contribution in [0.5, 0.6) is 0 Å². The fraction of sp³-hybridized carbons (Fsp3) is 0.324. The SMILES string of the molecule is CC(C)(C)[C@H](c1nc(-c2ccccc2)cn1Cc1cccc(C#N)c1)N(CC1CCNC1)C(=O)c1ccccc1. The van der Waals surface area contributed by atoms with E-state index in [1.54, 1.807) is 0 Å². The van der Waals surface area contributed by atoms with Crippen LogP contribution in [0, 0.1) is 22.7 Å². The number of carbonyl (C=O) groups excluding carboxylic acids is 1. The first-order chi connectivity index (χ1) is 19.3. The van der Waals surface area contributed by atoms with Crippen molar-refractivity contribution in [2.45, 2.75) is 39.8 Å². The number of amides is 1. The van der Waals surface area contributed by atoms with E-state index < -0.39 is 0 Å². The van der Waals surface area contributed by atoms with Crippen LogP contribution in [0.25, 0.3) is 11.3 Å². The Morgan fingerprint density at radius 1 is 1.07 bits per heavy atom. The number of nitrogens with one attached hydrogen (secondary N) is 1. The third kappa shape index (κ3) is 6.16. The van der Waals surface area contributed by atoms with Gasteiger partial charge in [-0.3, -0.25) is 4.79 Å². The molecule has 1 aliphatic rings. The predicted octanol–water partition coefficient (Wildman–Crippen LogP) is 6.31. The molecule has 1 N–H and O–H groups in total. The van der Waals surface area contributed by atoms with E-state index in [0.717, 1.165) is 42.2 Å². The number of nitriles is 1. The summed E-state index contributed by atoms with van der Waals surface area (Å²) in [6, 6.07) is 29.4. The zero-order chi connectivity index (χ0) is 28.1. The molecule has 1 unspecified atom stereocenters. The Kier molecular flexibility index (Phi) is 8.14. The summed E-state index contributed by atoms with van der Waals surface area (Å²) in [6.45, 7) is 9.64. The highest BCUT2D eigenvalue weighted by molar-refractivity contribution is 5.94. The van der Waals surface area contributed by atoms with Crippen molar-refractivity contribution < 1.29 is 4.79 Å². The second kappa shape index (κ2) is 11.9. The second-order valence-electron chi connectivity index (χ2n) is 11.7. The first kappa shape index (κ1) is 27.4. The number of aromatic nitrogens is 2. The lowest BCUT2D eigenvalue weighted by Crippen LogP contribution is -2.45. The molecule has 6 nitrogen and oxygen atoms in total. The lowest BCUT2D eigenvalue weighted by Gasteiger charge is -2.41. The maximum Gasteiger partial charge on any atom is 0.254 e. The van der Waals surface area contributed by atoms with Gasteiger partial charge in [0.25, 0.3) is 5.91 Å². The van der Waals surface area contributed by atoms with Crippen molar-refractivity contribution >= 4 is 5.91 Å². The van der Waals surface area contributed by atoms with E-state index in [4.69, 9.17) is 4.98 Å². The van der Waals surface area contributed by atoms with Crippen molar-refractivity contribution in [3.05, 3.63) is 114 Å². The van der Waals surface area contributed by atoms with E-state index in [1.165, 1.54) is 0 Å². The minimum Gasteiger partial charge on any atom is -0.328 e. The van der Waals surface area contributed by atoms with Gasteiger partial charge in [-0.15, -0.1) is 0 Å². The van der Waals surface area contributed by atoms with E-state index in [1.807, 2.05) is 72.8 Å². The fourth-order valence-electron chi connectivity index (χ4n) is 5.65. The van der Waals surface area contributed by atoms with Crippen LogP contribution < -0.4 is 5.32 Å². The van der Waals surface area contributed by atoms with Crippen molar-refractivity contribution in [1.82, 2.24) is 19.8 Å². The summed E-state index contributed by atoms with van der Waals surface area (Å²) < 4.78 is 2.17. The maximum atomic E-state index is 14.3. The molecule has 0 saturated carbocycles. The Morgan fingerprint density at radius 3 is 2.45 bits per heavy atom. The lowest BCUT2D eigenvalue weighted by molar-refractivity contribution is 0.0437. The molecular weight excluding hydrogens is 494 g/mol. The minimum absolute atomic E-state index is 0.0229. The molecule has 1 aliphatic heterocycles. The Bertz CT molecular complexity index is 1470. The van der Waals surface area contributed by atoms with E-state index in [-0.39, 0.29) is 17.4 Å². The van der Waals surface area contributed by atoms with Gasteiger partial charge in [0, 0.05) is 30.4 Å². The quantitative estimate of drug-likeness (QED) is 0.289. The molecule has 6 heteroatoms. The van der Waals surface area contributed by atoms with Crippen LogP contribution >= 0.6 is 0 Å². The zero-order valence-corrected chi connectivity index (χ0v) is 23.5. The first-order valence-electron chi connectivity index (χ1n) is 14.0. The van der Waals surface area contributed by atoms with E-state index >= 15 is 0 Å². The van der Waals surface area contributed by atoms with Crippen LogP contribution in [0.3, 0.4) is 0 Å². The van der Waals surface area contributed by atoms with E-state index in [0.29, 0.717) is 30.1 Å². The third-order valence-electron chi connectivity index (χ3n) is 7.56. The van der Waals surface area contributed by atoms with Crippen molar-refractivity contribution in [3.8, 4) is 17.3 Å². The highest BCUT2D eigenvalue weighted by Crippen LogP contribution is 2.40. The molecule has 3 aromatic carbocycles. The number of carbonyl (C=O) groups is 1. The van der Waals surface area contributed by atoms with Crippen molar-refractivity contribution in [2.75, 3.05) is 19.6 Å². The molecule has 40 heavy (non-hydrogen) atoms. The fourth-order valence-corrected chi connectivity index (χ4v) is 5.65. The zero-order valence-electron chi connectivity index (χ0n) is 23.5. The van der Waals surface area contributed by atoms with Gasteiger partial charge in [-0.05, 0) is 60.7 Å². The number of hydrogen-bond donors (Lipinski definition) is 1. The Morgan fingerprint density at radius 2 is 1.80 bits per heavy atom. The molecule has 204 valence electrons. The molecule has 1 fully saturated rings. The third-order valence-corrected chi connectivity index (χ3v) is 7.56. The van der Waals surface area contributed by atoms with Crippen molar-refractivity contribution in [1.29, 1.82) is 5.26 Å². The van der Waals surface area contributed by atoms with Gasteiger partial charge in [-0.2, -0.15) is 5.26 Å². The molecule has 0 bridgehead atoms. The number of benzene rings is 3. The Labute approximate surface area is 237 Å². The normalized spacial score (nSPS) is 15.9. The summed E-state index contributed by atoms with van der Waals surface area (Å²) >= 11 is 0. The van der Waals surface area contributed by atoms with Crippen LogP contribution in [-0.4, -0.2) is 40.0 Å². The molecule has 1 saturated heterocycles. The van der Waals surface area contributed by atoms with Crippen LogP contribution in [0.2, 0.25) is 0 Å².